The van der Waals surface area contributed by atoms with Crippen LogP contribution in [0.1, 0.15) is 30.0 Å². The molecule has 8 nitrogen and oxygen atoms in total. The van der Waals surface area contributed by atoms with Gasteiger partial charge in [0, 0.05) is 25.6 Å². The molecule has 0 heterocycles. The molecule has 0 aliphatic heterocycles. The van der Waals surface area contributed by atoms with E-state index < -0.39 is 28.5 Å². The number of benzene rings is 4. The van der Waals surface area contributed by atoms with Gasteiger partial charge in [0.15, 0.2) is 0 Å². The van der Waals surface area contributed by atoms with Gasteiger partial charge in [-0.1, -0.05) is 85.8 Å². The standard InChI is InChI=1S/C35H39N3O5S/c1-4-22-36-35(40)33(23-28-15-7-5-8-16-28)37(25-29-17-12-11-14-27(29)2)34(39)26-38(30-18-13-19-31(24-30)43-3)44(41,42)32-20-9-6-10-21-32/h5-21,24,33H,4,22-23,25-26H2,1-3H3,(H,36,40)/t33-/m1/s1. The van der Waals surface area contributed by atoms with Crippen LogP contribution in [0.5, 0.6) is 5.75 Å². The number of nitrogens with one attached hydrogen (secondary N) is 1. The van der Waals surface area contributed by atoms with Crippen molar-refractivity contribution < 1.29 is 22.7 Å². The summed E-state index contributed by atoms with van der Waals surface area (Å²) in [5.74, 6) is -0.361. The molecule has 4 aromatic carbocycles. The van der Waals surface area contributed by atoms with E-state index in [4.69, 9.17) is 4.74 Å². The Kier molecular flexibility index (Phi) is 11.2. The lowest BCUT2D eigenvalue weighted by Crippen LogP contribution is -2.53. The van der Waals surface area contributed by atoms with Crippen molar-refractivity contribution >= 4 is 27.5 Å². The van der Waals surface area contributed by atoms with E-state index in [1.165, 1.54) is 24.1 Å². The van der Waals surface area contributed by atoms with Crippen molar-refractivity contribution in [3.63, 3.8) is 0 Å². The lowest BCUT2D eigenvalue weighted by molar-refractivity contribution is -0.140. The molecule has 230 valence electrons. The van der Waals surface area contributed by atoms with E-state index in [1.807, 2.05) is 68.4 Å². The highest BCUT2D eigenvalue weighted by atomic mass is 32.2. The summed E-state index contributed by atoms with van der Waals surface area (Å²) < 4.78 is 34.6. The van der Waals surface area contributed by atoms with E-state index in [9.17, 15) is 18.0 Å². The van der Waals surface area contributed by atoms with Gasteiger partial charge in [-0.3, -0.25) is 13.9 Å². The minimum Gasteiger partial charge on any atom is -0.497 e. The van der Waals surface area contributed by atoms with E-state index in [1.54, 1.807) is 42.5 Å². The molecule has 0 radical (unpaired) electrons. The number of sulfonamides is 1. The second-order valence-corrected chi connectivity index (χ2v) is 12.3. The van der Waals surface area contributed by atoms with Crippen molar-refractivity contribution in [2.45, 2.75) is 44.2 Å². The van der Waals surface area contributed by atoms with Gasteiger partial charge >= 0.3 is 0 Å². The first-order valence-corrected chi connectivity index (χ1v) is 16.1. The molecular formula is C35H39N3O5S. The van der Waals surface area contributed by atoms with Gasteiger partial charge in [0.1, 0.15) is 18.3 Å². The second kappa shape index (κ2) is 15.2. The number of hydrogen-bond donors (Lipinski definition) is 1. The maximum Gasteiger partial charge on any atom is 0.264 e. The van der Waals surface area contributed by atoms with Crippen LogP contribution in [-0.2, 0) is 32.6 Å². The first-order chi connectivity index (χ1) is 21.2. The molecule has 2 amide bonds. The van der Waals surface area contributed by atoms with E-state index in [-0.39, 0.29) is 29.5 Å². The number of rotatable bonds is 14. The maximum atomic E-state index is 14.5. The molecule has 1 atom stereocenters. The van der Waals surface area contributed by atoms with Crippen LogP contribution in [0, 0.1) is 6.92 Å². The molecule has 0 unspecified atom stereocenters. The molecule has 0 spiro atoms. The van der Waals surface area contributed by atoms with Crippen molar-refractivity contribution in [3.8, 4) is 5.75 Å². The van der Waals surface area contributed by atoms with Crippen molar-refractivity contribution in [2.24, 2.45) is 0 Å². The predicted octanol–water partition coefficient (Wildman–Crippen LogP) is 5.37. The van der Waals surface area contributed by atoms with Crippen LogP contribution >= 0.6 is 0 Å². The van der Waals surface area contributed by atoms with Crippen molar-refractivity contribution in [2.75, 3.05) is 24.5 Å². The average Bonchev–Trinajstić information content (AvgIpc) is 3.05. The lowest BCUT2D eigenvalue weighted by Gasteiger charge is -2.34. The van der Waals surface area contributed by atoms with Gasteiger partial charge in [-0.05, 0) is 54.3 Å². The Morgan fingerprint density at radius 3 is 2.18 bits per heavy atom. The Hall–Kier alpha value is -4.63. The monoisotopic (exact) mass is 613 g/mol. The van der Waals surface area contributed by atoms with Gasteiger partial charge in [0.25, 0.3) is 10.0 Å². The van der Waals surface area contributed by atoms with Gasteiger partial charge in [0.05, 0.1) is 17.7 Å². The molecule has 0 aliphatic carbocycles. The molecule has 9 heteroatoms. The zero-order valence-electron chi connectivity index (χ0n) is 25.3. The minimum absolute atomic E-state index is 0.0441. The van der Waals surface area contributed by atoms with Crippen LogP contribution in [0.3, 0.4) is 0 Å². The summed E-state index contributed by atoms with van der Waals surface area (Å²) in [6.45, 7) is 3.96. The number of carbonyl (C=O) groups excluding carboxylic acids is 2. The van der Waals surface area contributed by atoms with E-state index >= 15 is 0 Å². The summed E-state index contributed by atoms with van der Waals surface area (Å²) in [6, 6.07) is 30.9. The SMILES string of the molecule is CCCNC(=O)[C@@H](Cc1ccccc1)N(Cc1ccccc1C)C(=O)CN(c1cccc(OC)c1)S(=O)(=O)c1ccccc1. The highest BCUT2D eigenvalue weighted by Gasteiger charge is 2.34. The molecule has 44 heavy (non-hydrogen) atoms. The van der Waals surface area contributed by atoms with Crippen LogP contribution in [0.15, 0.2) is 114 Å². The van der Waals surface area contributed by atoms with E-state index in [0.29, 0.717) is 12.3 Å². The molecule has 0 fully saturated rings. The number of hydrogen-bond acceptors (Lipinski definition) is 5. The molecule has 4 aromatic rings. The Morgan fingerprint density at radius 1 is 0.864 bits per heavy atom. The molecule has 0 saturated carbocycles. The summed E-state index contributed by atoms with van der Waals surface area (Å²) in [5, 5.41) is 2.96. The summed E-state index contributed by atoms with van der Waals surface area (Å²) >= 11 is 0. The summed E-state index contributed by atoms with van der Waals surface area (Å²) in [5.41, 5.74) is 2.97. The Bertz CT molecular complexity index is 1650. The maximum absolute atomic E-state index is 14.5. The summed E-state index contributed by atoms with van der Waals surface area (Å²) in [6.07, 6.45) is 0.993. The highest BCUT2D eigenvalue weighted by Crippen LogP contribution is 2.28. The van der Waals surface area contributed by atoms with Crippen LogP contribution in [0.2, 0.25) is 0 Å². The molecule has 0 saturated heterocycles. The zero-order chi connectivity index (χ0) is 31.5. The quantitative estimate of drug-likeness (QED) is 0.207. The second-order valence-electron chi connectivity index (χ2n) is 10.5. The normalized spacial score (nSPS) is 11.8. The third-order valence-corrected chi connectivity index (χ3v) is 9.16. The third-order valence-electron chi connectivity index (χ3n) is 7.37. The van der Waals surface area contributed by atoms with Crippen molar-refractivity contribution in [1.29, 1.82) is 0 Å². The summed E-state index contributed by atoms with van der Waals surface area (Å²) in [4.78, 5) is 29.8. The topological polar surface area (TPSA) is 96.0 Å². The first kappa shape index (κ1) is 32.3. The fourth-order valence-electron chi connectivity index (χ4n) is 4.91. The number of anilines is 1. The van der Waals surface area contributed by atoms with E-state index in [0.717, 1.165) is 27.4 Å². The first-order valence-electron chi connectivity index (χ1n) is 14.6. The van der Waals surface area contributed by atoms with E-state index in [2.05, 4.69) is 5.32 Å². The molecule has 0 bridgehead atoms. The molecule has 0 aromatic heterocycles. The van der Waals surface area contributed by atoms with Crippen molar-refractivity contribution in [1.82, 2.24) is 10.2 Å². The van der Waals surface area contributed by atoms with Gasteiger partial charge < -0.3 is 15.0 Å². The molecular weight excluding hydrogens is 574 g/mol. The molecule has 1 N–H and O–H groups in total. The number of methoxy groups -OCH3 is 1. The number of aryl methyl sites for hydroxylation is 1. The van der Waals surface area contributed by atoms with Crippen LogP contribution in [-0.4, -0.2) is 51.4 Å². The largest absolute Gasteiger partial charge is 0.497 e. The van der Waals surface area contributed by atoms with Gasteiger partial charge in [0.2, 0.25) is 11.8 Å². The molecule has 4 rings (SSSR count). The number of nitrogens with zero attached hydrogens (tertiary/aromatic N) is 2. The number of carbonyl (C=O) groups is 2. The smallest absolute Gasteiger partial charge is 0.264 e. The fourth-order valence-corrected chi connectivity index (χ4v) is 6.33. The number of ether oxygens (including phenoxy) is 1. The van der Waals surface area contributed by atoms with Crippen LogP contribution < -0.4 is 14.4 Å². The predicted molar refractivity (Wildman–Crippen MR) is 173 cm³/mol. The Balaban J connectivity index is 1.81. The lowest BCUT2D eigenvalue weighted by atomic mass is 10.0. The molecule has 0 aliphatic rings. The summed E-state index contributed by atoms with van der Waals surface area (Å²) in [7, 11) is -2.68. The van der Waals surface area contributed by atoms with Gasteiger partial charge in [-0.25, -0.2) is 8.42 Å². The number of amides is 2. The minimum atomic E-state index is -4.18. The third kappa shape index (κ3) is 8.05. The fraction of sp³-hybridized carbons (Fsp3) is 0.257. The zero-order valence-corrected chi connectivity index (χ0v) is 26.2. The highest BCUT2D eigenvalue weighted by molar-refractivity contribution is 7.92. The van der Waals surface area contributed by atoms with Gasteiger partial charge in [-0.2, -0.15) is 0 Å². The van der Waals surface area contributed by atoms with Crippen LogP contribution in [0.4, 0.5) is 5.69 Å². The van der Waals surface area contributed by atoms with Gasteiger partial charge in [-0.15, -0.1) is 0 Å². The van der Waals surface area contributed by atoms with Crippen LogP contribution in [0.25, 0.3) is 0 Å². The Morgan fingerprint density at radius 2 is 1.52 bits per heavy atom. The average molecular weight is 614 g/mol. The Labute approximate surface area is 260 Å². The van der Waals surface area contributed by atoms with Crippen molar-refractivity contribution in [3.05, 3.63) is 126 Å².